The zero-order chi connectivity index (χ0) is 15.3. The number of carbonyl (C=O) groups is 1. The zero-order valence-corrected chi connectivity index (χ0v) is 14.0. The van der Waals surface area contributed by atoms with Crippen molar-refractivity contribution >= 4 is 5.97 Å². The lowest BCUT2D eigenvalue weighted by Gasteiger charge is -2.29. The second-order valence-corrected chi connectivity index (χ2v) is 6.68. The molecule has 0 rings (SSSR count). The van der Waals surface area contributed by atoms with E-state index in [1.54, 1.807) is 0 Å². The quantitative estimate of drug-likeness (QED) is 0.386. The van der Waals surface area contributed by atoms with Crippen LogP contribution in [0.2, 0.25) is 0 Å². The molecule has 0 aliphatic rings. The molecule has 1 atom stereocenters. The minimum Gasteiger partial charge on any atom is -0.481 e. The highest BCUT2D eigenvalue weighted by molar-refractivity contribution is 5.66. The van der Waals surface area contributed by atoms with Gasteiger partial charge in [0.25, 0.3) is 0 Å². The number of carboxylic acids is 1. The number of unbranched alkanes of at least 4 members (excludes halogenated alkanes) is 7. The Kier molecular flexibility index (Phi) is 11.9. The normalized spacial score (nSPS) is 14.2. The van der Waals surface area contributed by atoms with Crippen molar-refractivity contribution in [3.05, 3.63) is 0 Å². The van der Waals surface area contributed by atoms with E-state index in [4.69, 9.17) is 5.11 Å². The van der Waals surface area contributed by atoms with Crippen molar-refractivity contribution in [1.29, 1.82) is 0 Å². The van der Waals surface area contributed by atoms with Crippen molar-refractivity contribution in [3.8, 4) is 0 Å². The molecule has 120 valence electrons. The maximum absolute atomic E-state index is 10.8. The minimum absolute atomic E-state index is 0.248. The highest BCUT2D eigenvalue weighted by Gasteiger charge is 2.24. The van der Waals surface area contributed by atoms with Crippen LogP contribution in [0.15, 0.2) is 0 Å². The van der Waals surface area contributed by atoms with Crippen LogP contribution >= 0.6 is 0 Å². The fourth-order valence-corrected chi connectivity index (χ4v) is 2.92. The second-order valence-electron chi connectivity index (χ2n) is 6.68. The third-order valence-electron chi connectivity index (χ3n) is 4.46. The molecule has 2 nitrogen and oxygen atoms in total. The van der Waals surface area contributed by atoms with Gasteiger partial charge in [-0.05, 0) is 24.7 Å². The second kappa shape index (κ2) is 12.2. The molecule has 0 aliphatic heterocycles. The molecule has 0 radical (unpaired) electrons. The van der Waals surface area contributed by atoms with Crippen LogP contribution in [0.25, 0.3) is 0 Å². The van der Waals surface area contributed by atoms with E-state index >= 15 is 0 Å². The van der Waals surface area contributed by atoms with E-state index in [0.29, 0.717) is 6.42 Å². The molecule has 0 aliphatic carbocycles. The molecule has 20 heavy (non-hydrogen) atoms. The summed E-state index contributed by atoms with van der Waals surface area (Å²) in [5, 5.41) is 8.93. The molecule has 0 amide bonds. The van der Waals surface area contributed by atoms with Gasteiger partial charge in [0.1, 0.15) is 0 Å². The summed E-state index contributed by atoms with van der Waals surface area (Å²) in [4.78, 5) is 10.8. The summed E-state index contributed by atoms with van der Waals surface area (Å²) in [5.41, 5.74) is 0.248. The van der Waals surface area contributed by atoms with Crippen molar-refractivity contribution < 1.29 is 9.90 Å². The number of rotatable bonds is 14. The minimum atomic E-state index is -0.643. The molecule has 0 bridgehead atoms. The Hall–Kier alpha value is -0.530. The molecular formula is C18H36O2. The maximum Gasteiger partial charge on any atom is 0.303 e. The van der Waals surface area contributed by atoms with E-state index in [0.717, 1.165) is 6.42 Å². The molecule has 1 unspecified atom stereocenters. The molecule has 0 saturated heterocycles. The van der Waals surface area contributed by atoms with E-state index in [9.17, 15) is 4.79 Å². The van der Waals surface area contributed by atoms with Crippen LogP contribution < -0.4 is 0 Å². The Balaban J connectivity index is 4.05. The molecule has 2 heteroatoms. The third-order valence-corrected chi connectivity index (χ3v) is 4.46. The molecule has 0 fully saturated rings. The fourth-order valence-electron chi connectivity index (χ4n) is 2.92. The van der Waals surface area contributed by atoms with Crippen LogP contribution in [0.1, 0.15) is 104 Å². The lowest BCUT2D eigenvalue weighted by atomic mass is 9.76. The van der Waals surface area contributed by atoms with Crippen LogP contribution in [0.3, 0.4) is 0 Å². The summed E-state index contributed by atoms with van der Waals surface area (Å²) in [6.45, 7) is 6.78. The SMILES string of the molecule is CCCCCCCC(C)(CCCCCC)CCC(=O)O. The van der Waals surface area contributed by atoms with Gasteiger partial charge in [0.2, 0.25) is 0 Å². The monoisotopic (exact) mass is 284 g/mol. The first-order valence-corrected chi connectivity index (χ1v) is 8.76. The van der Waals surface area contributed by atoms with E-state index in [1.807, 2.05) is 0 Å². The molecule has 0 saturated carbocycles. The van der Waals surface area contributed by atoms with Crippen molar-refractivity contribution in [2.75, 3.05) is 0 Å². The molecular weight excluding hydrogens is 248 g/mol. The van der Waals surface area contributed by atoms with Gasteiger partial charge in [0, 0.05) is 6.42 Å². The first kappa shape index (κ1) is 19.5. The summed E-state index contributed by atoms with van der Waals surface area (Å²) in [6, 6.07) is 0. The molecule has 0 heterocycles. The van der Waals surface area contributed by atoms with Gasteiger partial charge in [-0.15, -0.1) is 0 Å². The van der Waals surface area contributed by atoms with Crippen LogP contribution in [0.5, 0.6) is 0 Å². The van der Waals surface area contributed by atoms with E-state index in [2.05, 4.69) is 20.8 Å². The topological polar surface area (TPSA) is 37.3 Å². The smallest absolute Gasteiger partial charge is 0.303 e. The molecule has 0 aromatic heterocycles. The van der Waals surface area contributed by atoms with E-state index in [1.165, 1.54) is 70.6 Å². The average Bonchev–Trinajstić information content (AvgIpc) is 2.42. The Morgan fingerprint density at radius 1 is 0.800 bits per heavy atom. The number of carboxylic acid groups (broad SMARTS) is 1. The van der Waals surface area contributed by atoms with Crippen LogP contribution in [0, 0.1) is 5.41 Å². The average molecular weight is 284 g/mol. The Labute approximate surface area is 126 Å². The number of hydrogen-bond donors (Lipinski definition) is 1. The first-order valence-electron chi connectivity index (χ1n) is 8.76. The van der Waals surface area contributed by atoms with E-state index in [-0.39, 0.29) is 5.41 Å². The molecule has 0 aromatic rings. The van der Waals surface area contributed by atoms with Gasteiger partial charge < -0.3 is 5.11 Å². The van der Waals surface area contributed by atoms with Crippen molar-refractivity contribution in [3.63, 3.8) is 0 Å². The summed E-state index contributed by atoms with van der Waals surface area (Å²) in [5.74, 6) is -0.643. The lowest BCUT2D eigenvalue weighted by molar-refractivity contribution is -0.137. The van der Waals surface area contributed by atoms with Crippen LogP contribution in [0.4, 0.5) is 0 Å². The summed E-state index contributed by atoms with van der Waals surface area (Å²) in [7, 11) is 0. The Morgan fingerprint density at radius 2 is 1.25 bits per heavy atom. The Morgan fingerprint density at radius 3 is 1.70 bits per heavy atom. The van der Waals surface area contributed by atoms with Gasteiger partial charge in [-0.1, -0.05) is 78.6 Å². The van der Waals surface area contributed by atoms with Crippen molar-refractivity contribution in [1.82, 2.24) is 0 Å². The summed E-state index contributed by atoms with van der Waals surface area (Å²) < 4.78 is 0. The third kappa shape index (κ3) is 11.3. The fraction of sp³-hybridized carbons (Fsp3) is 0.944. The van der Waals surface area contributed by atoms with Gasteiger partial charge in [-0.25, -0.2) is 0 Å². The molecule has 0 spiro atoms. The van der Waals surface area contributed by atoms with Gasteiger partial charge in [0.05, 0.1) is 0 Å². The largest absolute Gasteiger partial charge is 0.481 e. The number of hydrogen-bond acceptors (Lipinski definition) is 1. The zero-order valence-electron chi connectivity index (χ0n) is 14.0. The summed E-state index contributed by atoms with van der Waals surface area (Å²) in [6.07, 6.45) is 15.3. The first-order chi connectivity index (χ1) is 9.54. The maximum atomic E-state index is 10.8. The highest BCUT2D eigenvalue weighted by Crippen LogP contribution is 2.36. The highest BCUT2D eigenvalue weighted by atomic mass is 16.4. The van der Waals surface area contributed by atoms with Crippen LogP contribution in [-0.2, 0) is 4.79 Å². The standard InChI is InChI=1S/C18H36O2/c1-4-6-8-10-12-15-18(3,16-13-17(19)20)14-11-9-7-5-2/h4-16H2,1-3H3,(H,19,20). The number of aliphatic carboxylic acids is 1. The van der Waals surface area contributed by atoms with Crippen LogP contribution in [-0.4, -0.2) is 11.1 Å². The van der Waals surface area contributed by atoms with Crippen molar-refractivity contribution in [2.24, 2.45) is 5.41 Å². The van der Waals surface area contributed by atoms with Crippen molar-refractivity contribution in [2.45, 2.75) is 104 Å². The lowest BCUT2D eigenvalue weighted by Crippen LogP contribution is -2.18. The predicted molar refractivity (Wildman–Crippen MR) is 87.1 cm³/mol. The molecule has 1 N–H and O–H groups in total. The predicted octanol–water partition coefficient (Wildman–Crippen LogP) is 6.19. The summed E-state index contributed by atoms with van der Waals surface area (Å²) >= 11 is 0. The van der Waals surface area contributed by atoms with Gasteiger partial charge in [0.15, 0.2) is 0 Å². The Bertz CT molecular complexity index is 238. The van der Waals surface area contributed by atoms with Gasteiger partial charge in [-0.2, -0.15) is 0 Å². The molecule has 0 aromatic carbocycles. The van der Waals surface area contributed by atoms with Gasteiger partial charge >= 0.3 is 5.97 Å². The van der Waals surface area contributed by atoms with Gasteiger partial charge in [-0.3, -0.25) is 4.79 Å². The van der Waals surface area contributed by atoms with E-state index < -0.39 is 5.97 Å².